The van der Waals surface area contributed by atoms with Gasteiger partial charge in [-0.2, -0.15) is 0 Å². The first kappa shape index (κ1) is 17.7. The highest BCUT2D eigenvalue weighted by atomic mass is 35.5. The molecule has 0 saturated heterocycles. The smallest absolute Gasteiger partial charge is 0.125 e. The summed E-state index contributed by atoms with van der Waals surface area (Å²) in [6.07, 6.45) is 5.04. The summed E-state index contributed by atoms with van der Waals surface area (Å²) in [5, 5.41) is 3.56. The van der Waals surface area contributed by atoms with Crippen molar-refractivity contribution < 1.29 is 0 Å². The molecule has 0 unspecified atom stereocenters. The fourth-order valence-corrected chi connectivity index (χ4v) is 6.04. The van der Waals surface area contributed by atoms with E-state index in [1.54, 1.807) is 21.8 Å². The molecule has 0 spiro atoms. The van der Waals surface area contributed by atoms with Crippen LogP contribution < -0.4 is 0 Å². The summed E-state index contributed by atoms with van der Waals surface area (Å²) in [7, 11) is 0. The maximum absolute atomic E-state index is 5.14. The van der Waals surface area contributed by atoms with Crippen LogP contribution in [-0.4, -0.2) is 4.98 Å². The van der Waals surface area contributed by atoms with Crippen LogP contribution in [0.3, 0.4) is 0 Å². The Kier molecular flexibility index (Phi) is 4.87. The van der Waals surface area contributed by atoms with Crippen LogP contribution in [0.25, 0.3) is 31.9 Å². The molecule has 1 nitrogen and oxygen atoms in total. The minimum Gasteiger partial charge on any atom is -0.236 e. The highest BCUT2D eigenvalue weighted by Crippen LogP contribution is 2.44. The Morgan fingerprint density at radius 2 is 1.77 bits per heavy atom. The lowest BCUT2D eigenvalue weighted by Crippen LogP contribution is -2.00. The van der Waals surface area contributed by atoms with E-state index in [1.165, 1.54) is 57.5 Å². The molecule has 0 radical (unpaired) electrons. The molecule has 0 aliphatic heterocycles. The summed E-state index contributed by atoms with van der Waals surface area (Å²) in [4.78, 5) is 9.19. The molecular weight excluding hydrogens is 378 g/mol. The van der Waals surface area contributed by atoms with Crippen molar-refractivity contribution in [2.45, 2.75) is 32.6 Å². The minimum absolute atomic E-state index is 0. The van der Waals surface area contributed by atoms with Gasteiger partial charge < -0.3 is 0 Å². The number of hydrogen-bond acceptors (Lipinski definition) is 3. The summed E-state index contributed by atoms with van der Waals surface area (Å²) < 4.78 is 0. The normalized spacial score (nSPS) is 13.4. The summed E-state index contributed by atoms with van der Waals surface area (Å²) in [5.74, 6) is 0. The van der Waals surface area contributed by atoms with E-state index in [0.717, 1.165) is 5.69 Å². The lowest BCUT2D eigenvalue weighted by molar-refractivity contribution is 0.700. The number of hydrogen-bond donors (Lipinski definition) is 0. The van der Waals surface area contributed by atoms with Gasteiger partial charge in [-0.15, -0.1) is 35.1 Å². The molecule has 1 aromatic carbocycles. The third-order valence-electron chi connectivity index (χ3n) is 5.16. The van der Waals surface area contributed by atoms with Crippen molar-refractivity contribution in [2.75, 3.05) is 0 Å². The number of pyridine rings is 1. The molecule has 5 rings (SSSR count). The Morgan fingerprint density at radius 3 is 2.54 bits per heavy atom. The fraction of sp³-hybridized carbons (Fsp3) is 0.227. The van der Waals surface area contributed by atoms with Crippen molar-refractivity contribution in [3.63, 3.8) is 0 Å². The van der Waals surface area contributed by atoms with E-state index in [2.05, 4.69) is 54.8 Å². The molecule has 0 atom stereocenters. The van der Waals surface area contributed by atoms with Crippen LogP contribution >= 0.6 is 35.1 Å². The fourth-order valence-electron chi connectivity index (χ4n) is 4.00. The Hall–Kier alpha value is -1.68. The number of fused-ring (bicyclic) bond motifs is 3. The average Bonchev–Trinajstić information content (AvgIpc) is 3.29. The monoisotopic (exact) mass is 397 g/mol. The standard InChI is InChI=1S/C22H19NS2.ClH/c1-14-19(15-8-3-2-4-9-15)20-16-10-5-6-11-17(16)25-22(20)23-21(14)18-12-7-13-24-18;/h2-4,7-9,12-13H,5-6,10-11H2,1H3;1H. The highest BCUT2D eigenvalue weighted by Gasteiger charge is 2.23. The molecule has 1 aliphatic carbocycles. The predicted molar refractivity (Wildman–Crippen MR) is 117 cm³/mol. The van der Waals surface area contributed by atoms with E-state index in [0.29, 0.717) is 0 Å². The SMILES string of the molecule is Cc1c(-c2cccs2)nc2sc3c(c2c1-c1ccccc1)CCCC3.Cl. The first-order chi connectivity index (χ1) is 12.3. The van der Waals surface area contributed by atoms with Crippen LogP contribution in [-0.2, 0) is 12.8 Å². The van der Waals surface area contributed by atoms with Crippen LogP contribution in [0.2, 0.25) is 0 Å². The van der Waals surface area contributed by atoms with Crippen molar-refractivity contribution in [3.8, 4) is 21.7 Å². The first-order valence-electron chi connectivity index (χ1n) is 8.87. The predicted octanol–water partition coefficient (Wildman–Crippen LogP) is 7.30. The molecular formula is C22H20ClNS2. The number of aromatic nitrogens is 1. The zero-order chi connectivity index (χ0) is 16.8. The summed E-state index contributed by atoms with van der Waals surface area (Å²) in [5.41, 5.74) is 6.75. The van der Waals surface area contributed by atoms with Gasteiger partial charge in [0.15, 0.2) is 0 Å². The Morgan fingerprint density at radius 1 is 0.962 bits per heavy atom. The Labute approximate surface area is 168 Å². The van der Waals surface area contributed by atoms with Gasteiger partial charge in [0.05, 0.1) is 10.6 Å². The van der Waals surface area contributed by atoms with Crippen LogP contribution in [0, 0.1) is 6.92 Å². The maximum atomic E-state index is 5.14. The third-order valence-corrected chi connectivity index (χ3v) is 7.23. The number of halogens is 1. The second kappa shape index (κ2) is 7.15. The van der Waals surface area contributed by atoms with Crippen molar-refractivity contribution in [1.29, 1.82) is 0 Å². The molecule has 0 saturated carbocycles. The van der Waals surface area contributed by atoms with E-state index in [1.807, 2.05) is 11.3 Å². The molecule has 3 heterocycles. The molecule has 26 heavy (non-hydrogen) atoms. The van der Waals surface area contributed by atoms with Gasteiger partial charge in [0, 0.05) is 10.3 Å². The number of aryl methyl sites for hydroxylation is 2. The van der Waals surface area contributed by atoms with Crippen molar-refractivity contribution in [2.24, 2.45) is 0 Å². The summed E-state index contributed by atoms with van der Waals surface area (Å²) >= 11 is 3.70. The van der Waals surface area contributed by atoms with Crippen LogP contribution in [0.1, 0.15) is 28.8 Å². The minimum atomic E-state index is 0. The van der Waals surface area contributed by atoms with Gasteiger partial charge in [-0.1, -0.05) is 36.4 Å². The molecule has 0 amide bonds. The van der Waals surface area contributed by atoms with E-state index in [4.69, 9.17) is 4.98 Å². The van der Waals surface area contributed by atoms with Gasteiger partial charge in [0.25, 0.3) is 0 Å². The molecule has 0 bridgehead atoms. The zero-order valence-electron chi connectivity index (χ0n) is 14.6. The second-order valence-electron chi connectivity index (χ2n) is 6.69. The molecule has 132 valence electrons. The van der Waals surface area contributed by atoms with Crippen molar-refractivity contribution >= 4 is 45.3 Å². The molecule has 3 aromatic heterocycles. The maximum Gasteiger partial charge on any atom is 0.125 e. The van der Waals surface area contributed by atoms with Crippen LogP contribution in [0.15, 0.2) is 47.8 Å². The quantitative estimate of drug-likeness (QED) is 0.345. The topological polar surface area (TPSA) is 12.9 Å². The lowest BCUT2D eigenvalue weighted by atomic mass is 9.90. The number of rotatable bonds is 2. The van der Waals surface area contributed by atoms with Crippen molar-refractivity contribution in [1.82, 2.24) is 4.98 Å². The van der Waals surface area contributed by atoms with Gasteiger partial charge in [-0.05, 0) is 66.3 Å². The highest BCUT2D eigenvalue weighted by molar-refractivity contribution is 7.19. The lowest BCUT2D eigenvalue weighted by Gasteiger charge is -2.15. The van der Waals surface area contributed by atoms with Gasteiger partial charge in [-0.25, -0.2) is 4.98 Å². The number of nitrogens with zero attached hydrogens (tertiary/aromatic N) is 1. The molecule has 0 fully saturated rings. The molecule has 0 N–H and O–H groups in total. The second-order valence-corrected chi connectivity index (χ2v) is 8.73. The summed E-state index contributed by atoms with van der Waals surface area (Å²) in [6, 6.07) is 15.2. The van der Waals surface area contributed by atoms with Crippen LogP contribution in [0.4, 0.5) is 0 Å². The zero-order valence-corrected chi connectivity index (χ0v) is 17.1. The Bertz CT molecular complexity index is 1050. The number of benzene rings is 1. The summed E-state index contributed by atoms with van der Waals surface area (Å²) in [6.45, 7) is 2.25. The van der Waals surface area contributed by atoms with E-state index in [9.17, 15) is 0 Å². The van der Waals surface area contributed by atoms with E-state index < -0.39 is 0 Å². The van der Waals surface area contributed by atoms with E-state index >= 15 is 0 Å². The first-order valence-corrected chi connectivity index (χ1v) is 10.6. The van der Waals surface area contributed by atoms with Gasteiger partial charge >= 0.3 is 0 Å². The van der Waals surface area contributed by atoms with Crippen molar-refractivity contribution in [3.05, 3.63) is 63.8 Å². The number of thiophene rings is 2. The van der Waals surface area contributed by atoms with E-state index in [-0.39, 0.29) is 12.4 Å². The van der Waals surface area contributed by atoms with Gasteiger partial charge in [-0.3, -0.25) is 0 Å². The van der Waals surface area contributed by atoms with Crippen LogP contribution in [0.5, 0.6) is 0 Å². The Balaban J connectivity index is 0.00000168. The van der Waals surface area contributed by atoms with Gasteiger partial charge in [0.1, 0.15) is 4.83 Å². The third kappa shape index (κ3) is 2.79. The molecule has 4 heteroatoms. The molecule has 4 aromatic rings. The average molecular weight is 398 g/mol. The largest absolute Gasteiger partial charge is 0.236 e. The van der Waals surface area contributed by atoms with Gasteiger partial charge in [0.2, 0.25) is 0 Å². The molecule has 1 aliphatic rings.